The first kappa shape index (κ1) is 13.5. The summed E-state index contributed by atoms with van der Waals surface area (Å²) in [6, 6.07) is 6.89. The predicted molar refractivity (Wildman–Crippen MR) is 74.9 cm³/mol. The number of benzene rings is 1. The second kappa shape index (κ2) is 5.69. The van der Waals surface area contributed by atoms with Crippen molar-refractivity contribution in [2.24, 2.45) is 5.73 Å². The fraction of sp³-hybridized carbons (Fsp3) is 0.538. The van der Waals surface area contributed by atoms with Crippen LogP contribution >= 0.6 is 15.9 Å². The van der Waals surface area contributed by atoms with Crippen LogP contribution in [0.15, 0.2) is 22.7 Å². The fourth-order valence-corrected chi connectivity index (χ4v) is 2.10. The Morgan fingerprint density at radius 3 is 2.50 bits per heavy atom. The molecule has 2 unspecified atom stereocenters. The molecule has 0 saturated carbocycles. The number of nitrogens with two attached hydrogens (primary N) is 1. The minimum atomic E-state index is 0.0546. The molecule has 0 bridgehead atoms. The first-order valence-corrected chi connectivity index (χ1v) is 6.54. The number of hydrogen-bond donors (Lipinski definition) is 1. The lowest BCUT2D eigenvalue weighted by molar-refractivity contribution is 0.657. The van der Waals surface area contributed by atoms with E-state index in [1.54, 1.807) is 0 Å². The molecule has 0 aliphatic heterocycles. The predicted octanol–water partition coefficient (Wildman–Crippen LogP) is 3.70. The van der Waals surface area contributed by atoms with Crippen LogP contribution in [0.5, 0.6) is 0 Å². The maximum absolute atomic E-state index is 6.02. The van der Waals surface area contributed by atoms with E-state index in [2.05, 4.69) is 59.9 Å². The van der Waals surface area contributed by atoms with Crippen LogP contribution in [0.25, 0.3) is 0 Å². The van der Waals surface area contributed by atoms with Crippen molar-refractivity contribution < 1.29 is 0 Å². The largest absolute Gasteiger partial charge is 0.372 e. The van der Waals surface area contributed by atoms with E-state index in [9.17, 15) is 0 Å². The third kappa shape index (κ3) is 2.98. The van der Waals surface area contributed by atoms with Crippen LogP contribution < -0.4 is 10.6 Å². The Kier molecular flexibility index (Phi) is 4.81. The van der Waals surface area contributed by atoms with E-state index in [-0.39, 0.29) is 6.04 Å². The number of halogens is 1. The lowest BCUT2D eigenvalue weighted by atomic mass is 10.0. The molecule has 2 atom stereocenters. The SMILES string of the molecule is CCC(C)N(C)c1ccc(Br)cc1C(C)N. The molecule has 0 heterocycles. The summed E-state index contributed by atoms with van der Waals surface area (Å²) < 4.78 is 1.08. The minimum absolute atomic E-state index is 0.0546. The van der Waals surface area contributed by atoms with Crippen molar-refractivity contribution in [2.75, 3.05) is 11.9 Å². The molecule has 16 heavy (non-hydrogen) atoms. The van der Waals surface area contributed by atoms with Crippen molar-refractivity contribution in [1.29, 1.82) is 0 Å². The maximum Gasteiger partial charge on any atom is 0.0415 e. The van der Waals surface area contributed by atoms with Crippen LogP contribution in [-0.4, -0.2) is 13.1 Å². The molecule has 2 nitrogen and oxygen atoms in total. The third-order valence-electron chi connectivity index (χ3n) is 3.11. The van der Waals surface area contributed by atoms with Crippen molar-refractivity contribution in [3.8, 4) is 0 Å². The molecule has 0 aliphatic rings. The molecule has 0 saturated heterocycles. The molecule has 0 spiro atoms. The Balaban J connectivity index is 3.12. The number of rotatable bonds is 4. The van der Waals surface area contributed by atoms with Gasteiger partial charge in [-0.15, -0.1) is 0 Å². The maximum atomic E-state index is 6.02. The van der Waals surface area contributed by atoms with Gasteiger partial charge in [-0.1, -0.05) is 22.9 Å². The number of nitrogens with zero attached hydrogens (tertiary/aromatic N) is 1. The van der Waals surface area contributed by atoms with Crippen LogP contribution in [-0.2, 0) is 0 Å². The zero-order chi connectivity index (χ0) is 12.3. The van der Waals surface area contributed by atoms with Gasteiger partial charge in [0.2, 0.25) is 0 Å². The summed E-state index contributed by atoms with van der Waals surface area (Å²) in [4.78, 5) is 2.30. The van der Waals surface area contributed by atoms with Gasteiger partial charge < -0.3 is 10.6 Å². The van der Waals surface area contributed by atoms with Crippen LogP contribution in [0.4, 0.5) is 5.69 Å². The highest BCUT2D eigenvalue weighted by Gasteiger charge is 2.14. The van der Waals surface area contributed by atoms with Gasteiger partial charge in [-0.3, -0.25) is 0 Å². The average Bonchev–Trinajstić information content (AvgIpc) is 2.26. The van der Waals surface area contributed by atoms with E-state index in [0.717, 1.165) is 10.9 Å². The van der Waals surface area contributed by atoms with E-state index in [1.807, 2.05) is 6.92 Å². The van der Waals surface area contributed by atoms with Gasteiger partial charge >= 0.3 is 0 Å². The summed E-state index contributed by atoms with van der Waals surface area (Å²) in [5, 5.41) is 0. The second-order valence-corrected chi connectivity index (χ2v) is 5.28. The molecule has 1 aromatic carbocycles. The molecule has 90 valence electrons. The van der Waals surface area contributed by atoms with Gasteiger partial charge in [0.1, 0.15) is 0 Å². The summed E-state index contributed by atoms with van der Waals surface area (Å²) >= 11 is 3.49. The molecule has 1 rings (SSSR count). The van der Waals surface area contributed by atoms with Crippen molar-refractivity contribution in [1.82, 2.24) is 0 Å². The molecule has 0 fully saturated rings. The van der Waals surface area contributed by atoms with E-state index in [4.69, 9.17) is 5.73 Å². The first-order chi connectivity index (χ1) is 7.47. The van der Waals surface area contributed by atoms with Crippen LogP contribution in [0.3, 0.4) is 0 Å². The van der Waals surface area contributed by atoms with E-state index < -0.39 is 0 Å². The molecule has 2 N–H and O–H groups in total. The van der Waals surface area contributed by atoms with Gasteiger partial charge in [-0.05, 0) is 44.0 Å². The lowest BCUT2D eigenvalue weighted by Gasteiger charge is -2.29. The van der Waals surface area contributed by atoms with Gasteiger partial charge in [0, 0.05) is 29.3 Å². The van der Waals surface area contributed by atoms with E-state index in [0.29, 0.717) is 6.04 Å². The van der Waals surface area contributed by atoms with Gasteiger partial charge in [-0.2, -0.15) is 0 Å². The van der Waals surface area contributed by atoms with Crippen molar-refractivity contribution in [3.63, 3.8) is 0 Å². The lowest BCUT2D eigenvalue weighted by Crippen LogP contribution is -2.29. The van der Waals surface area contributed by atoms with Crippen molar-refractivity contribution >= 4 is 21.6 Å². The highest BCUT2D eigenvalue weighted by atomic mass is 79.9. The van der Waals surface area contributed by atoms with Crippen LogP contribution in [0.1, 0.15) is 38.8 Å². The van der Waals surface area contributed by atoms with Crippen LogP contribution in [0.2, 0.25) is 0 Å². The quantitative estimate of drug-likeness (QED) is 0.914. The normalized spacial score (nSPS) is 14.6. The summed E-state index contributed by atoms with van der Waals surface area (Å²) in [5.41, 5.74) is 8.44. The fourth-order valence-electron chi connectivity index (χ4n) is 1.72. The first-order valence-electron chi connectivity index (χ1n) is 5.75. The standard InChI is InChI=1S/C13H21BrN2/c1-5-9(2)16(4)13-7-6-11(14)8-12(13)10(3)15/h6-10H,5,15H2,1-4H3. The van der Waals surface area contributed by atoms with Gasteiger partial charge in [0.25, 0.3) is 0 Å². The molecule has 1 aromatic rings. The molecule has 0 aromatic heterocycles. The van der Waals surface area contributed by atoms with Crippen LogP contribution in [0, 0.1) is 0 Å². The monoisotopic (exact) mass is 284 g/mol. The van der Waals surface area contributed by atoms with Gasteiger partial charge in [0.15, 0.2) is 0 Å². The van der Waals surface area contributed by atoms with E-state index in [1.165, 1.54) is 11.3 Å². The summed E-state index contributed by atoms with van der Waals surface area (Å²) in [5.74, 6) is 0. The molecular formula is C13H21BrN2. The molecule has 0 radical (unpaired) electrons. The Morgan fingerprint density at radius 2 is 2.00 bits per heavy atom. The number of hydrogen-bond acceptors (Lipinski definition) is 2. The van der Waals surface area contributed by atoms with Crippen molar-refractivity contribution in [3.05, 3.63) is 28.2 Å². The van der Waals surface area contributed by atoms with Gasteiger partial charge in [0.05, 0.1) is 0 Å². The Hall–Kier alpha value is -0.540. The second-order valence-electron chi connectivity index (χ2n) is 4.36. The topological polar surface area (TPSA) is 29.3 Å². The molecular weight excluding hydrogens is 264 g/mol. The highest BCUT2D eigenvalue weighted by Crippen LogP contribution is 2.29. The Labute approximate surface area is 107 Å². The summed E-state index contributed by atoms with van der Waals surface area (Å²) in [6.07, 6.45) is 1.13. The highest BCUT2D eigenvalue weighted by molar-refractivity contribution is 9.10. The zero-order valence-electron chi connectivity index (χ0n) is 10.5. The zero-order valence-corrected chi connectivity index (χ0v) is 12.1. The Morgan fingerprint density at radius 1 is 1.38 bits per heavy atom. The van der Waals surface area contributed by atoms with E-state index >= 15 is 0 Å². The molecule has 0 amide bonds. The number of anilines is 1. The molecule has 0 aliphatic carbocycles. The Bertz CT molecular complexity index is 350. The van der Waals surface area contributed by atoms with Crippen molar-refractivity contribution in [2.45, 2.75) is 39.3 Å². The summed E-state index contributed by atoms with van der Waals surface area (Å²) in [6.45, 7) is 6.45. The smallest absolute Gasteiger partial charge is 0.0415 e. The minimum Gasteiger partial charge on any atom is -0.372 e. The molecule has 3 heteroatoms. The third-order valence-corrected chi connectivity index (χ3v) is 3.61. The summed E-state index contributed by atoms with van der Waals surface area (Å²) in [7, 11) is 2.13. The average molecular weight is 285 g/mol. The van der Waals surface area contributed by atoms with Gasteiger partial charge in [-0.25, -0.2) is 0 Å².